The molecule has 0 saturated carbocycles. The molecule has 2 bridgehead atoms. The number of pyridine rings is 1. The molecule has 3 nitrogen and oxygen atoms in total. The summed E-state index contributed by atoms with van der Waals surface area (Å²) in [5, 5.41) is 1.86. The molecule has 4 heteroatoms. The van der Waals surface area contributed by atoms with E-state index in [-0.39, 0.29) is 5.56 Å². The van der Waals surface area contributed by atoms with Crippen molar-refractivity contribution >= 4 is 22.7 Å². The number of nitrogens with zero attached hydrogens (tertiary/aromatic N) is 1. The molecule has 0 aliphatic carbocycles. The van der Waals surface area contributed by atoms with Crippen molar-refractivity contribution in [2.24, 2.45) is 0 Å². The Bertz CT molecular complexity index is 712. The van der Waals surface area contributed by atoms with Gasteiger partial charge in [-0.25, -0.2) is 0 Å². The second-order valence-corrected chi connectivity index (χ2v) is 7.71. The lowest BCUT2D eigenvalue weighted by Gasteiger charge is -2.36. The summed E-state index contributed by atoms with van der Waals surface area (Å²) in [4.78, 5) is 18.1. The highest BCUT2D eigenvalue weighted by Crippen LogP contribution is 2.41. The van der Waals surface area contributed by atoms with Crippen LogP contribution < -0.4 is 5.56 Å². The first-order valence-electron chi connectivity index (χ1n) is 7.71. The summed E-state index contributed by atoms with van der Waals surface area (Å²) in [5.74, 6) is 0. The Hall–Kier alpha value is -1.26. The second kappa shape index (κ2) is 5.18. The summed E-state index contributed by atoms with van der Waals surface area (Å²) < 4.78 is 0. The fourth-order valence-electron chi connectivity index (χ4n) is 3.86. The van der Waals surface area contributed by atoms with Gasteiger partial charge in [-0.05, 0) is 62.4 Å². The lowest BCUT2D eigenvalue weighted by Crippen LogP contribution is -2.40. The van der Waals surface area contributed by atoms with Crippen molar-refractivity contribution in [2.75, 3.05) is 7.05 Å². The molecule has 1 unspecified atom stereocenters. The molecule has 1 N–H and O–H groups in total. The van der Waals surface area contributed by atoms with Crippen molar-refractivity contribution in [1.29, 1.82) is 0 Å². The van der Waals surface area contributed by atoms with Crippen molar-refractivity contribution in [3.05, 3.63) is 40.7 Å². The molecule has 2 aromatic rings. The van der Waals surface area contributed by atoms with E-state index in [4.69, 9.17) is 0 Å². The van der Waals surface area contributed by atoms with E-state index in [9.17, 15) is 4.79 Å². The summed E-state index contributed by atoms with van der Waals surface area (Å²) in [6, 6.07) is 11.5. The SMILES string of the molecule is CN1[C@@H]2CC[C@H]1CC(Sc1ccc3[nH]c(=O)ccc3c1)C2. The van der Waals surface area contributed by atoms with Crippen LogP contribution in [0.25, 0.3) is 10.9 Å². The molecule has 2 fully saturated rings. The largest absolute Gasteiger partial charge is 0.322 e. The van der Waals surface area contributed by atoms with Gasteiger partial charge in [0, 0.05) is 33.8 Å². The summed E-state index contributed by atoms with van der Waals surface area (Å²) in [6.07, 6.45) is 5.36. The highest BCUT2D eigenvalue weighted by molar-refractivity contribution is 8.00. The van der Waals surface area contributed by atoms with Gasteiger partial charge in [0.1, 0.15) is 0 Å². The van der Waals surface area contributed by atoms with E-state index in [1.807, 2.05) is 23.9 Å². The van der Waals surface area contributed by atoms with E-state index < -0.39 is 0 Å². The maximum atomic E-state index is 11.3. The van der Waals surface area contributed by atoms with Gasteiger partial charge < -0.3 is 9.88 Å². The Kier molecular flexibility index (Phi) is 3.31. The Labute approximate surface area is 128 Å². The number of piperidine rings is 1. The van der Waals surface area contributed by atoms with E-state index in [2.05, 4.69) is 29.1 Å². The van der Waals surface area contributed by atoms with E-state index in [1.165, 1.54) is 30.6 Å². The molecule has 3 heterocycles. The molecule has 1 aromatic carbocycles. The Morgan fingerprint density at radius 1 is 1.14 bits per heavy atom. The van der Waals surface area contributed by atoms with Gasteiger partial charge >= 0.3 is 0 Å². The first kappa shape index (κ1) is 13.4. The standard InChI is InChI=1S/C17H20N2OS/c1-19-12-3-4-13(19)10-15(9-12)21-14-5-6-16-11(8-14)2-7-17(20)18-16/h2,5-8,12-13,15H,3-4,9-10H2,1H3,(H,18,20)/t12-,13+,15?. The zero-order valence-electron chi connectivity index (χ0n) is 12.2. The normalized spacial score (nSPS) is 29.1. The third-order valence-corrected chi connectivity index (χ3v) is 6.30. The molecular weight excluding hydrogens is 280 g/mol. The zero-order valence-corrected chi connectivity index (χ0v) is 13.0. The van der Waals surface area contributed by atoms with E-state index in [0.29, 0.717) is 0 Å². The van der Waals surface area contributed by atoms with Gasteiger partial charge in [0.2, 0.25) is 5.56 Å². The first-order chi connectivity index (χ1) is 10.2. The lowest BCUT2D eigenvalue weighted by atomic mass is 10.0. The number of aromatic nitrogens is 1. The molecule has 0 radical (unpaired) electrons. The lowest BCUT2D eigenvalue weighted by molar-refractivity contribution is 0.183. The van der Waals surface area contributed by atoms with Crippen molar-refractivity contribution in [3.8, 4) is 0 Å². The highest BCUT2D eigenvalue weighted by atomic mass is 32.2. The van der Waals surface area contributed by atoms with Crippen LogP contribution in [0.3, 0.4) is 0 Å². The quantitative estimate of drug-likeness (QED) is 0.925. The average Bonchev–Trinajstić information content (AvgIpc) is 2.70. The number of nitrogens with one attached hydrogen (secondary N) is 1. The molecule has 21 heavy (non-hydrogen) atoms. The average molecular weight is 300 g/mol. The molecule has 2 aliphatic heterocycles. The highest BCUT2D eigenvalue weighted by Gasteiger charge is 2.38. The summed E-state index contributed by atoms with van der Waals surface area (Å²) >= 11 is 2.01. The number of hydrogen-bond donors (Lipinski definition) is 1. The van der Waals surface area contributed by atoms with Gasteiger partial charge in [-0.2, -0.15) is 0 Å². The van der Waals surface area contributed by atoms with E-state index in [1.54, 1.807) is 6.07 Å². The molecule has 3 atom stereocenters. The molecule has 2 aliphatic rings. The van der Waals surface area contributed by atoms with Crippen LogP contribution in [0.4, 0.5) is 0 Å². The summed E-state index contributed by atoms with van der Waals surface area (Å²) in [5.41, 5.74) is 0.894. The number of rotatable bonds is 2. The van der Waals surface area contributed by atoms with Crippen LogP contribution in [-0.2, 0) is 0 Å². The van der Waals surface area contributed by atoms with Gasteiger partial charge in [0.25, 0.3) is 0 Å². The minimum absolute atomic E-state index is 0.0326. The van der Waals surface area contributed by atoms with Crippen LogP contribution in [0.5, 0.6) is 0 Å². The van der Waals surface area contributed by atoms with E-state index in [0.717, 1.165) is 28.2 Å². The first-order valence-corrected chi connectivity index (χ1v) is 8.59. The van der Waals surface area contributed by atoms with Gasteiger partial charge in [0.15, 0.2) is 0 Å². The molecule has 0 amide bonds. The monoisotopic (exact) mass is 300 g/mol. The summed E-state index contributed by atoms with van der Waals surface area (Å²) in [6.45, 7) is 0. The molecule has 1 aromatic heterocycles. The Morgan fingerprint density at radius 3 is 2.67 bits per heavy atom. The topological polar surface area (TPSA) is 36.1 Å². The molecule has 0 spiro atoms. The van der Waals surface area contributed by atoms with Crippen LogP contribution in [0.2, 0.25) is 0 Å². The molecular formula is C17H20N2OS. The third-order valence-electron chi connectivity index (χ3n) is 5.05. The van der Waals surface area contributed by atoms with Gasteiger partial charge in [-0.1, -0.05) is 0 Å². The number of H-pyrrole nitrogens is 1. The van der Waals surface area contributed by atoms with Gasteiger partial charge in [0.05, 0.1) is 0 Å². The van der Waals surface area contributed by atoms with Crippen LogP contribution in [0.1, 0.15) is 25.7 Å². The Morgan fingerprint density at radius 2 is 1.90 bits per heavy atom. The minimum Gasteiger partial charge on any atom is -0.322 e. The smallest absolute Gasteiger partial charge is 0.248 e. The Balaban J connectivity index is 1.55. The fourth-order valence-corrected chi connectivity index (χ4v) is 5.22. The van der Waals surface area contributed by atoms with Crippen LogP contribution >= 0.6 is 11.8 Å². The maximum Gasteiger partial charge on any atom is 0.248 e. The van der Waals surface area contributed by atoms with Gasteiger partial charge in [-0.15, -0.1) is 11.8 Å². The van der Waals surface area contributed by atoms with Crippen LogP contribution in [-0.4, -0.2) is 34.3 Å². The number of thioether (sulfide) groups is 1. The predicted molar refractivity (Wildman–Crippen MR) is 88.0 cm³/mol. The van der Waals surface area contributed by atoms with Gasteiger partial charge in [-0.3, -0.25) is 4.79 Å². The van der Waals surface area contributed by atoms with E-state index >= 15 is 0 Å². The predicted octanol–water partition coefficient (Wildman–Crippen LogP) is 3.25. The number of benzene rings is 1. The molecule has 110 valence electrons. The zero-order chi connectivity index (χ0) is 14.4. The number of fused-ring (bicyclic) bond motifs is 3. The fraction of sp³-hybridized carbons (Fsp3) is 0.471. The van der Waals surface area contributed by atoms with Crippen molar-refractivity contribution in [3.63, 3.8) is 0 Å². The number of hydrogen-bond acceptors (Lipinski definition) is 3. The summed E-state index contributed by atoms with van der Waals surface area (Å²) in [7, 11) is 2.29. The molecule has 2 saturated heterocycles. The molecule has 4 rings (SSSR count). The maximum absolute atomic E-state index is 11.3. The van der Waals surface area contributed by atoms with Crippen LogP contribution in [0.15, 0.2) is 40.0 Å². The third kappa shape index (κ3) is 2.51. The minimum atomic E-state index is -0.0326. The van der Waals surface area contributed by atoms with Crippen molar-refractivity contribution in [2.45, 2.75) is 47.9 Å². The van der Waals surface area contributed by atoms with Crippen molar-refractivity contribution in [1.82, 2.24) is 9.88 Å². The van der Waals surface area contributed by atoms with Crippen LogP contribution in [0, 0.1) is 0 Å². The van der Waals surface area contributed by atoms with Crippen molar-refractivity contribution < 1.29 is 0 Å². The number of aromatic amines is 1. The second-order valence-electron chi connectivity index (χ2n) is 6.33.